The maximum atomic E-state index is 13.1. The molecule has 0 saturated carbocycles. The van der Waals surface area contributed by atoms with Crippen molar-refractivity contribution in [3.8, 4) is 11.3 Å². The molecule has 0 fully saturated rings. The smallest absolute Gasteiger partial charge is 0.196 e. The third kappa shape index (κ3) is 4.15. The van der Waals surface area contributed by atoms with Gasteiger partial charge in [-0.25, -0.2) is 9.37 Å². The third-order valence-corrected chi connectivity index (χ3v) is 3.40. The third-order valence-electron chi connectivity index (χ3n) is 2.74. The predicted octanol–water partition coefficient (Wildman–Crippen LogP) is 4.17. The number of rotatable bonds is 4. The molecule has 5 heteroatoms. The van der Waals surface area contributed by atoms with Crippen molar-refractivity contribution in [3.05, 3.63) is 40.6 Å². The highest BCUT2D eigenvalue weighted by atomic mass is 79.9. The molecule has 1 aromatic carbocycles. The van der Waals surface area contributed by atoms with Crippen LogP contribution in [0.15, 0.2) is 33.3 Å². The zero-order chi connectivity index (χ0) is 14.8. The lowest BCUT2D eigenvalue weighted by molar-refractivity contribution is 0.412. The second-order valence-electron chi connectivity index (χ2n) is 5.67. The summed E-state index contributed by atoms with van der Waals surface area (Å²) in [5, 5.41) is 3.38. The Morgan fingerprint density at radius 2 is 2.10 bits per heavy atom. The van der Waals surface area contributed by atoms with Gasteiger partial charge in [0.1, 0.15) is 5.82 Å². The zero-order valence-corrected chi connectivity index (χ0v) is 13.4. The molecule has 20 heavy (non-hydrogen) atoms. The predicted molar refractivity (Wildman–Crippen MR) is 81.1 cm³/mol. The van der Waals surface area contributed by atoms with Crippen molar-refractivity contribution in [3.63, 3.8) is 0 Å². The van der Waals surface area contributed by atoms with Gasteiger partial charge in [0.15, 0.2) is 11.7 Å². The van der Waals surface area contributed by atoms with Crippen LogP contribution in [0.4, 0.5) is 4.39 Å². The molecule has 0 aliphatic carbocycles. The minimum absolute atomic E-state index is 0.0788. The van der Waals surface area contributed by atoms with E-state index in [-0.39, 0.29) is 11.4 Å². The van der Waals surface area contributed by atoms with Gasteiger partial charge in [0, 0.05) is 28.5 Å². The van der Waals surface area contributed by atoms with Gasteiger partial charge in [-0.2, -0.15) is 0 Å². The molecule has 2 aromatic rings. The molecule has 0 saturated heterocycles. The Morgan fingerprint density at radius 3 is 2.75 bits per heavy atom. The standard InChI is InChI=1S/C15H18BrFN2O/c1-15(2,3)19-7-6-14-18-9-13(20-14)11-5-4-10(17)8-12(11)16/h4-5,8-9,19H,6-7H2,1-3H3. The second-order valence-corrected chi connectivity index (χ2v) is 6.52. The van der Waals surface area contributed by atoms with Crippen LogP contribution in [-0.2, 0) is 6.42 Å². The Balaban J connectivity index is 2.05. The number of aromatic nitrogens is 1. The Bertz CT molecular complexity index is 590. The highest BCUT2D eigenvalue weighted by molar-refractivity contribution is 9.10. The summed E-state index contributed by atoms with van der Waals surface area (Å²) in [7, 11) is 0. The first-order chi connectivity index (χ1) is 9.35. The Hall–Kier alpha value is -1.20. The van der Waals surface area contributed by atoms with E-state index < -0.39 is 0 Å². The molecule has 108 valence electrons. The van der Waals surface area contributed by atoms with Crippen LogP contribution in [0.5, 0.6) is 0 Å². The summed E-state index contributed by atoms with van der Waals surface area (Å²) >= 11 is 3.33. The maximum Gasteiger partial charge on any atom is 0.196 e. The van der Waals surface area contributed by atoms with Crippen LogP contribution in [0.3, 0.4) is 0 Å². The van der Waals surface area contributed by atoms with E-state index in [4.69, 9.17) is 4.42 Å². The van der Waals surface area contributed by atoms with Crippen LogP contribution in [-0.4, -0.2) is 17.1 Å². The maximum absolute atomic E-state index is 13.1. The normalized spacial score (nSPS) is 11.8. The first kappa shape index (κ1) is 15.2. The number of nitrogens with one attached hydrogen (secondary N) is 1. The molecule has 0 aliphatic heterocycles. The second kappa shape index (κ2) is 6.06. The Labute approximate surface area is 126 Å². The molecule has 0 radical (unpaired) electrons. The molecule has 0 bridgehead atoms. The molecule has 0 unspecified atom stereocenters. The number of hydrogen-bond acceptors (Lipinski definition) is 3. The van der Waals surface area contributed by atoms with Crippen molar-refractivity contribution in [1.82, 2.24) is 10.3 Å². The van der Waals surface area contributed by atoms with Crippen molar-refractivity contribution in [2.24, 2.45) is 0 Å². The monoisotopic (exact) mass is 340 g/mol. The minimum Gasteiger partial charge on any atom is -0.441 e. The van der Waals surface area contributed by atoms with Gasteiger partial charge in [-0.05, 0) is 54.9 Å². The largest absolute Gasteiger partial charge is 0.441 e. The van der Waals surface area contributed by atoms with Gasteiger partial charge in [-0.3, -0.25) is 0 Å². The van der Waals surface area contributed by atoms with Crippen molar-refractivity contribution in [2.75, 3.05) is 6.54 Å². The highest BCUT2D eigenvalue weighted by Gasteiger charge is 2.12. The van der Waals surface area contributed by atoms with Crippen molar-refractivity contribution < 1.29 is 8.81 Å². The minimum atomic E-state index is -0.283. The summed E-state index contributed by atoms with van der Waals surface area (Å²) < 4.78 is 19.4. The van der Waals surface area contributed by atoms with Crippen LogP contribution in [0, 0.1) is 5.82 Å². The lowest BCUT2D eigenvalue weighted by atomic mass is 10.1. The van der Waals surface area contributed by atoms with E-state index in [0.717, 1.165) is 18.5 Å². The molecule has 1 aromatic heterocycles. The van der Waals surface area contributed by atoms with E-state index in [9.17, 15) is 4.39 Å². The van der Waals surface area contributed by atoms with Crippen LogP contribution < -0.4 is 5.32 Å². The molecule has 0 atom stereocenters. The van der Waals surface area contributed by atoms with E-state index in [1.165, 1.54) is 12.1 Å². The van der Waals surface area contributed by atoms with Gasteiger partial charge in [-0.1, -0.05) is 0 Å². The first-order valence-electron chi connectivity index (χ1n) is 6.50. The average Bonchev–Trinajstić information content (AvgIpc) is 2.75. The lowest BCUT2D eigenvalue weighted by Gasteiger charge is -2.19. The quantitative estimate of drug-likeness (QED) is 0.907. The lowest BCUT2D eigenvalue weighted by Crippen LogP contribution is -2.37. The van der Waals surface area contributed by atoms with Crippen molar-refractivity contribution in [1.29, 1.82) is 0 Å². The molecule has 0 aliphatic rings. The fourth-order valence-corrected chi connectivity index (χ4v) is 2.33. The van der Waals surface area contributed by atoms with Crippen LogP contribution in [0.25, 0.3) is 11.3 Å². The molecule has 2 rings (SSSR count). The van der Waals surface area contributed by atoms with Gasteiger partial charge in [0.05, 0.1) is 6.20 Å². The molecule has 0 spiro atoms. The van der Waals surface area contributed by atoms with Gasteiger partial charge in [-0.15, -0.1) is 0 Å². The molecule has 3 nitrogen and oxygen atoms in total. The van der Waals surface area contributed by atoms with Gasteiger partial charge in [0.25, 0.3) is 0 Å². The summed E-state index contributed by atoms with van der Waals surface area (Å²) in [6.45, 7) is 7.14. The molecular weight excluding hydrogens is 323 g/mol. The van der Waals surface area contributed by atoms with Crippen molar-refractivity contribution >= 4 is 15.9 Å². The average molecular weight is 341 g/mol. The highest BCUT2D eigenvalue weighted by Crippen LogP contribution is 2.29. The van der Waals surface area contributed by atoms with Gasteiger partial charge >= 0.3 is 0 Å². The van der Waals surface area contributed by atoms with E-state index in [0.29, 0.717) is 16.1 Å². The molecule has 0 amide bonds. The van der Waals surface area contributed by atoms with Crippen LogP contribution >= 0.6 is 15.9 Å². The van der Waals surface area contributed by atoms with E-state index in [1.807, 2.05) is 0 Å². The fraction of sp³-hybridized carbons (Fsp3) is 0.400. The summed E-state index contributed by atoms with van der Waals surface area (Å²) in [6.07, 6.45) is 2.39. The summed E-state index contributed by atoms with van der Waals surface area (Å²) in [6, 6.07) is 4.50. The number of nitrogens with zero attached hydrogens (tertiary/aromatic N) is 1. The van der Waals surface area contributed by atoms with Gasteiger partial charge in [0.2, 0.25) is 0 Å². The van der Waals surface area contributed by atoms with Gasteiger partial charge < -0.3 is 9.73 Å². The van der Waals surface area contributed by atoms with E-state index >= 15 is 0 Å². The number of benzene rings is 1. The number of halogens is 2. The topological polar surface area (TPSA) is 38.1 Å². The molecule has 1 heterocycles. The van der Waals surface area contributed by atoms with Crippen molar-refractivity contribution in [2.45, 2.75) is 32.7 Å². The summed E-state index contributed by atoms with van der Waals surface area (Å²) in [4.78, 5) is 4.25. The summed E-state index contributed by atoms with van der Waals surface area (Å²) in [5.41, 5.74) is 0.879. The molecule has 1 N–H and O–H groups in total. The molecular formula is C15H18BrFN2O. The Kier molecular flexibility index (Phi) is 4.60. The van der Waals surface area contributed by atoms with E-state index in [1.54, 1.807) is 12.3 Å². The van der Waals surface area contributed by atoms with Crippen LogP contribution in [0.1, 0.15) is 26.7 Å². The van der Waals surface area contributed by atoms with Crippen LogP contribution in [0.2, 0.25) is 0 Å². The zero-order valence-electron chi connectivity index (χ0n) is 11.8. The Morgan fingerprint density at radius 1 is 1.35 bits per heavy atom. The van der Waals surface area contributed by atoms with E-state index in [2.05, 4.69) is 47.0 Å². The first-order valence-corrected chi connectivity index (χ1v) is 7.29. The fourth-order valence-electron chi connectivity index (χ4n) is 1.78. The SMILES string of the molecule is CC(C)(C)NCCc1ncc(-c2ccc(F)cc2Br)o1. The number of hydrogen-bond donors (Lipinski definition) is 1. The number of oxazole rings is 1. The summed E-state index contributed by atoms with van der Waals surface area (Å²) in [5.74, 6) is 1.03.